The SMILES string of the molecule is CC(NF)C(NF)(NF)C(=O)O. The molecule has 0 aromatic heterocycles. The van der Waals surface area contributed by atoms with Crippen LogP contribution in [0.3, 0.4) is 0 Å². The first-order valence-corrected chi connectivity index (χ1v) is 2.90. The van der Waals surface area contributed by atoms with Crippen LogP contribution in [0.25, 0.3) is 0 Å². The van der Waals surface area contributed by atoms with Gasteiger partial charge in [-0.05, 0) is 6.92 Å². The molecule has 0 saturated heterocycles. The molecule has 0 aromatic carbocycles. The third kappa shape index (κ3) is 1.65. The maximum atomic E-state index is 11.9. The molecule has 1 atom stereocenters. The number of carboxylic acids is 1. The number of nitrogens with one attached hydrogen (secondary N) is 3. The number of aliphatic carboxylic acids is 1. The minimum absolute atomic E-state index is 0.627. The minimum atomic E-state index is -2.81. The van der Waals surface area contributed by atoms with Gasteiger partial charge in [0.2, 0.25) is 5.66 Å². The summed E-state index contributed by atoms with van der Waals surface area (Å²) in [6.45, 7) is 0.938. The normalized spacial score (nSPS) is 14.3. The second kappa shape index (κ2) is 4.24. The van der Waals surface area contributed by atoms with E-state index in [1.807, 2.05) is 0 Å². The fourth-order valence-electron chi connectivity index (χ4n) is 0.529. The molecule has 0 bridgehead atoms. The van der Waals surface area contributed by atoms with Gasteiger partial charge in [0.25, 0.3) is 0 Å². The topological polar surface area (TPSA) is 73.4 Å². The van der Waals surface area contributed by atoms with Crippen LogP contribution in [0.4, 0.5) is 13.4 Å². The highest BCUT2D eigenvalue weighted by Gasteiger charge is 2.45. The van der Waals surface area contributed by atoms with Gasteiger partial charge in [-0.2, -0.15) is 5.54 Å². The molecule has 5 nitrogen and oxygen atoms in total. The lowest BCUT2D eigenvalue weighted by molar-refractivity contribution is -0.156. The molecule has 0 fully saturated rings. The maximum absolute atomic E-state index is 11.9. The van der Waals surface area contributed by atoms with Crippen molar-refractivity contribution < 1.29 is 23.3 Å². The van der Waals surface area contributed by atoms with Gasteiger partial charge in [0.05, 0.1) is 6.04 Å². The summed E-state index contributed by atoms with van der Waals surface area (Å²) in [5.74, 6) is -1.91. The molecular weight excluding hydrogens is 179 g/mol. The summed E-state index contributed by atoms with van der Waals surface area (Å²) < 4.78 is 35.4. The number of hydrogen-bond acceptors (Lipinski definition) is 4. The van der Waals surface area contributed by atoms with Gasteiger partial charge in [-0.15, -0.1) is 24.5 Å². The van der Waals surface area contributed by atoms with E-state index in [1.54, 1.807) is 0 Å². The predicted molar refractivity (Wildman–Crippen MR) is 32.6 cm³/mol. The fourth-order valence-corrected chi connectivity index (χ4v) is 0.529. The number of carbonyl (C=O) groups is 1. The monoisotopic (exact) mass is 187 g/mol. The zero-order valence-corrected chi connectivity index (χ0v) is 6.07. The van der Waals surface area contributed by atoms with E-state index in [9.17, 15) is 18.2 Å². The minimum Gasteiger partial charge on any atom is -0.479 e. The van der Waals surface area contributed by atoms with Crippen molar-refractivity contribution in [3.63, 3.8) is 0 Å². The first kappa shape index (κ1) is 11.1. The lowest BCUT2D eigenvalue weighted by Gasteiger charge is -2.27. The zero-order valence-electron chi connectivity index (χ0n) is 6.07. The molecule has 12 heavy (non-hydrogen) atoms. The van der Waals surface area contributed by atoms with Crippen molar-refractivity contribution in [1.82, 2.24) is 16.6 Å². The molecule has 8 heteroatoms. The van der Waals surface area contributed by atoms with Crippen molar-refractivity contribution in [2.45, 2.75) is 18.6 Å². The molecule has 0 amide bonds. The van der Waals surface area contributed by atoms with Crippen molar-refractivity contribution in [1.29, 1.82) is 0 Å². The van der Waals surface area contributed by atoms with Gasteiger partial charge in [0.15, 0.2) is 0 Å². The number of carboxylic acid groups (broad SMARTS) is 1. The van der Waals surface area contributed by atoms with Crippen molar-refractivity contribution in [2.75, 3.05) is 0 Å². The van der Waals surface area contributed by atoms with Crippen LogP contribution in [0.2, 0.25) is 0 Å². The number of rotatable bonds is 5. The Hall–Kier alpha value is -0.860. The van der Waals surface area contributed by atoms with Crippen molar-refractivity contribution in [3.05, 3.63) is 0 Å². The highest BCUT2D eigenvalue weighted by Crippen LogP contribution is 2.08. The Kier molecular flexibility index (Phi) is 3.93. The Morgan fingerprint density at radius 1 is 1.42 bits per heavy atom. The third-order valence-corrected chi connectivity index (χ3v) is 1.45. The summed E-state index contributed by atoms with van der Waals surface area (Å²) in [6, 6.07) is -1.62. The predicted octanol–water partition coefficient (Wildman–Crippen LogP) is -0.422. The van der Waals surface area contributed by atoms with E-state index in [1.165, 1.54) is 0 Å². The summed E-state index contributed by atoms with van der Waals surface area (Å²) in [6.07, 6.45) is 0. The summed E-state index contributed by atoms with van der Waals surface area (Å²) in [4.78, 5) is 10.3. The molecule has 0 aliphatic rings. The van der Waals surface area contributed by atoms with Gasteiger partial charge >= 0.3 is 5.97 Å². The Morgan fingerprint density at radius 3 is 1.92 bits per heavy atom. The molecule has 72 valence electrons. The Bertz CT molecular complexity index is 164. The van der Waals surface area contributed by atoms with Gasteiger partial charge in [0, 0.05) is 0 Å². The molecule has 0 heterocycles. The first-order valence-electron chi connectivity index (χ1n) is 2.90. The van der Waals surface area contributed by atoms with Crippen molar-refractivity contribution in [2.24, 2.45) is 0 Å². The van der Waals surface area contributed by atoms with E-state index in [2.05, 4.69) is 0 Å². The van der Waals surface area contributed by atoms with E-state index in [-0.39, 0.29) is 0 Å². The van der Waals surface area contributed by atoms with Gasteiger partial charge in [0.1, 0.15) is 0 Å². The largest absolute Gasteiger partial charge is 0.479 e. The molecule has 0 saturated carbocycles. The van der Waals surface area contributed by atoms with Gasteiger partial charge < -0.3 is 5.11 Å². The molecule has 0 radical (unpaired) electrons. The quantitative estimate of drug-likeness (QED) is 0.347. The Balaban J connectivity index is 4.68. The standard InChI is InChI=1S/C4H8F3N3O2/c1-2(8-5)4(9-6,10-7)3(11)12/h2,8-10H,1H3,(H,11,12). The summed E-state index contributed by atoms with van der Waals surface area (Å²) in [5, 5.41) is 8.31. The Labute approximate surface area is 65.7 Å². The molecule has 1 unspecified atom stereocenters. The van der Waals surface area contributed by atoms with Crippen molar-refractivity contribution >= 4 is 5.97 Å². The van der Waals surface area contributed by atoms with Crippen LogP contribution in [0.5, 0.6) is 0 Å². The average molecular weight is 187 g/mol. The molecule has 0 aliphatic carbocycles. The third-order valence-electron chi connectivity index (χ3n) is 1.45. The molecule has 0 aromatic rings. The second-order valence-electron chi connectivity index (χ2n) is 2.13. The van der Waals surface area contributed by atoms with Gasteiger partial charge in [-0.3, -0.25) is 0 Å². The molecular formula is C4H8F3N3O2. The van der Waals surface area contributed by atoms with Gasteiger partial charge in [-0.1, -0.05) is 0 Å². The van der Waals surface area contributed by atoms with Crippen LogP contribution in [-0.4, -0.2) is 22.8 Å². The van der Waals surface area contributed by atoms with Crippen LogP contribution in [-0.2, 0) is 4.79 Å². The van der Waals surface area contributed by atoms with Crippen LogP contribution < -0.4 is 16.6 Å². The second-order valence-corrected chi connectivity index (χ2v) is 2.13. The lowest BCUT2D eigenvalue weighted by Crippen LogP contribution is -2.66. The smallest absolute Gasteiger partial charge is 0.345 e. The fraction of sp³-hybridized carbons (Fsp3) is 0.750. The van der Waals surface area contributed by atoms with E-state index < -0.39 is 17.7 Å². The summed E-state index contributed by atoms with van der Waals surface area (Å²) in [5.41, 5.74) is -0.653. The highest BCUT2D eigenvalue weighted by atomic mass is 19.2. The van der Waals surface area contributed by atoms with Crippen LogP contribution in [0.1, 0.15) is 6.92 Å². The average Bonchev–Trinajstić information content (AvgIpc) is 2.06. The summed E-state index contributed by atoms with van der Waals surface area (Å²) in [7, 11) is 0. The van der Waals surface area contributed by atoms with Crippen molar-refractivity contribution in [3.8, 4) is 0 Å². The van der Waals surface area contributed by atoms with E-state index >= 15 is 0 Å². The van der Waals surface area contributed by atoms with E-state index in [0.29, 0.717) is 11.1 Å². The Morgan fingerprint density at radius 2 is 1.83 bits per heavy atom. The number of halogens is 3. The molecule has 0 aliphatic heterocycles. The first-order chi connectivity index (χ1) is 5.55. The van der Waals surface area contributed by atoms with Crippen LogP contribution >= 0.6 is 0 Å². The zero-order chi connectivity index (χ0) is 9.78. The van der Waals surface area contributed by atoms with Crippen LogP contribution in [0, 0.1) is 0 Å². The van der Waals surface area contributed by atoms with E-state index in [4.69, 9.17) is 5.11 Å². The van der Waals surface area contributed by atoms with Crippen LogP contribution in [0.15, 0.2) is 0 Å². The highest BCUT2D eigenvalue weighted by molar-refractivity contribution is 5.78. The lowest BCUT2D eigenvalue weighted by atomic mass is 10.1. The van der Waals surface area contributed by atoms with Gasteiger partial charge in [-0.25, -0.2) is 4.79 Å². The molecule has 0 spiro atoms. The van der Waals surface area contributed by atoms with E-state index in [0.717, 1.165) is 12.5 Å². The molecule has 0 rings (SSSR count). The number of hydrogen-bond donors (Lipinski definition) is 4. The summed E-state index contributed by atoms with van der Waals surface area (Å²) >= 11 is 0. The molecule has 4 N–H and O–H groups in total. The maximum Gasteiger partial charge on any atom is 0.345 e.